The van der Waals surface area contributed by atoms with E-state index in [-0.39, 0.29) is 28.3 Å². The van der Waals surface area contributed by atoms with Crippen molar-refractivity contribution in [2.24, 2.45) is 4.99 Å². The van der Waals surface area contributed by atoms with Crippen molar-refractivity contribution < 1.29 is 23.5 Å². The Morgan fingerprint density at radius 2 is 1.84 bits per heavy atom. The quantitative estimate of drug-likeness (QED) is 0.627. The molecular formula is C24H26ClFN2O4. The minimum atomic E-state index is -1.08. The second-order valence-electron chi connectivity index (χ2n) is 8.09. The lowest BCUT2D eigenvalue weighted by Crippen LogP contribution is -2.33. The van der Waals surface area contributed by atoms with Crippen molar-refractivity contribution in [3.63, 3.8) is 0 Å². The Bertz CT molecular complexity index is 1070. The van der Waals surface area contributed by atoms with Crippen LogP contribution in [0.25, 0.3) is 0 Å². The van der Waals surface area contributed by atoms with Crippen LogP contribution in [-0.2, 0) is 19.1 Å². The first kappa shape index (κ1) is 23.7. The van der Waals surface area contributed by atoms with Crippen LogP contribution in [0.15, 0.2) is 57.9 Å². The van der Waals surface area contributed by atoms with Crippen molar-refractivity contribution in [2.45, 2.75) is 45.6 Å². The zero-order valence-corrected chi connectivity index (χ0v) is 19.5. The van der Waals surface area contributed by atoms with E-state index < -0.39 is 29.2 Å². The number of nitrogens with zero attached hydrogens (tertiary/aromatic N) is 1. The fraction of sp³-hybridized carbons (Fsp3) is 0.375. The fourth-order valence-electron chi connectivity index (χ4n) is 4.07. The van der Waals surface area contributed by atoms with Crippen LogP contribution in [0.2, 0.25) is 5.02 Å². The lowest BCUT2D eigenvalue weighted by molar-refractivity contribution is -0.139. The molecule has 0 saturated carbocycles. The highest BCUT2D eigenvalue weighted by molar-refractivity contribution is 6.31. The molecule has 32 heavy (non-hydrogen) atoms. The number of benzene rings is 1. The molecule has 0 fully saturated rings. The van der Waals surface area contributed by atoms with Gasteiger partial charge >= 0.3 is 11.9 Å². The third kappa shape index (κ3) is 4.63. The summed E-state index contributed by atoms with van der Waals surface area (Å²) in [5.74, 6) is -3.07. The van der Waals surface area contributed by atoms with Gasteiger partial charge in [0.15, 0.2) is 0 Å². The maximum Gasteiger partial charge on any atom is 0.336 e. The monoisotopic (exact) mass is 460 g/mol. The molecule has 170 valence electrons. The summed E-state index contributed by atoms with van der Waals surface area (Å²) in [6.45, 7) is 7.28. The molecule has 2 atom stereocenters. The van der Waals surface area contributed by atoms with E-state index in [0.29, 0.717) is 17.8 Å². The standard InChI is InChI=1S/C24H26ClFN2O4/c1-13-9-10-24(4,28-13)11-12-32-23(30)19-15(3)27-14(2)18(22(29)31-5)21(19)20-16(25)7-6-8-17(20)26/h6-10,21,27H,11-12H2,1-5H3. The first-order valence-corrected chi connectivity index (χ1v) is 10.6. The predicted octanol–water partition coefficient (Wildman–Crippen LogP) is 4.61. The van der Waals surface area contributed by atoms with E-state index in [9.17, 15) is 14.0 Å². The van der Waals surface area contributed by atoms with Crippen molar-refractivity contribution in [1.29, 1.82) is 0 Å². The van der Waals surface area contributed by atoms with Gasteiger partial charge in [-0.05, 0) is 45.9 Å². The Hall–Kier alpha value is -2.93. The maximum atomic E-state index is 14.9. The Morgan fingerprint density at radius 3 is 2.41 bits per heavy atom. The Balaban J connectivity index is 1.96. The largest absolute Gasteiger partial charge is 0.466 e. The number of nitrogens with one attached hydrogen (secondary N) is 1. The number of dihydropyridines is 1. The molecular weight excluding hydrogens is 435 g/mol. The van der Waals surface area contributed by atoms with E-state index in [2.05, 4.69) is 10.3 Å². The highest BCUT2D eigenvalue weighted by atomic mass is 35.5. The van der Waals surface area contributed by atoms with Crippen molar-refractivity contribution in [2.75, 3.05) is 13.7 Å². The Labute approximate surface area is 191 Å². The minimum absolute atomic E-state index is 0.0210. The van der Waals surface area contributed by atoms with Gasteiger partial charge in [0.05, 0.1) is 36.3 Å². The number of carbonyl (C=O) groups is 2. The van der Waals surface area contributed by atoms with E-state index in [1.54, 1.807) is 13.8 Å². The van der Waals surface area contributed by atoms with Crippen molar-refractivity contribution in [3.05, 3.63) is 69.3 Å². The summed E-state index contributed by atoms with van der Waals surface area (Å²) in [6.07, 6.45) is 4.37. The highest BCUT2D eigenvalue weighted by Crippen LogP contribution is 2.43. The first-order valence-electron chi connectivity index (χ1n) is 10.2. The van der Waals surface area contributed by atoms with E-state index in [1.807, 2.05) is 26.0 Å². The summed E-state index contributed by atoms with van der Waals surface area (Å²) >= 11 is 6.33. The van der Waals surface area contributed by atoms with Crippen LogP contribution in [0, 0.1) is 5.82 Å². The minimum Gasteiger partial charge on any atom is -0.466 e. The van der Waals surface area contributed by atoms with Gasteiger partial charge in [0.25, 0.3) is 0 Å². The molecule has 1 aromatic rings. The number of rotatable bonds is 6. The van der Waals surface area contributed by atoms with Crippen LogP contribution in [0.1, 0.15) is 45.6 Å². The molecule has 3 rings (SSSR count). The molecule has 0 aliphatic carbocycles. The lowest BCUT2D eigenvalue weighted by atomic mass is 9.80. The van der Waals surface area contributed by atoms with Gasteiger partial charge in [0, 0.05) is 34.1 Å². The van der Waals surface area contributed by atoms with Crippen molar-refractivity contribution in [3.8, 4) is 0 Å². The maximum absolute atomic E-state index is 14.9. The molecule has 2 heterocycles. The second kappa shape index (κ2) is 9.28. The molecule has 2 aliphatic rings. The van der Waals surface area contributed by atoms with Gasteiger partial charge in [0.2, 0.25) is 0 Å². The Morgan fingerprint density at radius 1 is 1.19 bits per heavy atom. The summed E-state index contributed by atoms with van der Waals surface area (Å²) in [4.78, 5) is 30.4. The summed E-state index contributed by atoms with van der Waals surface area (Å²) in [7, 11) is 1.23. The van der Waals surface area contributed by atoms with E-state index >= 15 is 0 Å². The zero-order chi connectivity index (χ0) is 23.6. The molecule has 0 saturated heterocycles. The fourth-order valence-corrected chi connectivity index (χ4v) is 4.34. The molecule has 0 spiro atoms. The average Bonchev–Trinajstić information content (AvgIpc) is 3.05. The van der Waals surface area contributed by atoms with Gasteiger partial charge in [-0.3, -0.25) is 4.99 Å². The van der Waals surface area contributed by atoms with Gasteiger partial charge < -0.3 is 14.8 Å². The molecule has 1 aromatic carbocycles. The van der Waals surface area contributed by atoms with Gasteiger partial charge in [-0.15, -0.1) is 0 Å². The molecule has 2 aliphatic heterocycles. The number of methoxy groups -OCH3 is 1. The normalized spacial score (nSPS) is 22.6. The topological polar surface area (TPSA) is 77.0 Å². The summed E-state index contributed by atoms with van der Waals surface area (Å²) in [5, 5.41) is 3.11. The third-order valence-electron chi connectivity index (χ3n) is 5.63. The smallest absolute Gasteiger partial charge is 0.336 e. The van der Waals surface area contributed by atoms with Crippen LogP contribution in [0.5, 0.6) is 0 Å². The molecule has 0 amide bonds. The molecule has 1 N–H and O–H groups in total. The zero-order valence-electron chi connectivity index (χ0n) is 18.7. The number of aliphatic imine (C=N–C) groups is 1. The van der Waals surface area contributed by atoms with E-state index in [4.69, 9.17) is 21.1 Å². The van der Waals surface area contributed by atoms with Gasteiger partial charge in [-0.1, -0.05) is 23.7 Å². The highest BCUT2D eigenvalue weighted by Gasteiger charge is 2.40. The van der Waals surface area contributed by atoms with Crippen LogP contribution in [-0.4, -0.2) is 36.9 Å². The van der Waals surface area contributed by atoms with Crippen LogP contribution in [0.4, 0.5) is 4.39 Å². The van der Waals surface area contributed by atoms with Gasteiger partial charge in [-0.2, -0.15) is 0 Å². The predicted molar refractivity (Wildman–Crippen MR) is 121 cm³/mol. The average molecular weight is 461 g/mol. The Kier molecular flexibility index (Phi) is 6.88. The number of halogens is 2. The molecule has 0 aromatic heterocycles. The molecule has 6 nitrogen and oxygen atoms in total. The van der Waals surface area contributed by atoms with Crippen LogP contribution >= 0.6 is 11.6 Å². The van der Waals surface area contributed by atoms with Crippen molar-refractivity contribution >= 4 is 29.3 Å². The SMILES string of the molecule is COC(=O)C1=C(C)NC(C)=C(C(=O)OCCC2(C)C=CC(C)=N2)C1c1c(F)cccc1Cl. The van der Waals surface area contributed by atoms with E-state index in [0.717, 1.165) is 5.71 Å². The number of esters is 2. The summed E-state index contributed by atoms with van der Waals surface area (Å²) in [5.41, 5.74) is 1.59. The number of hydrogen-bond donors (Lipinski definition) is 1. The molecule has 0 bridgehead atoms. The first-order chi connectivity index (χ1) is 15.1. The number of hydrogen-bond acceptors (Lipinski definition) is 6. The lowest BCUT2D eigenvalue weighted by Gasteiger charge is -2.31. The van der Waals surface area contributed by atoms with Crippen LogP contribution < -0.4 is 5.32 Å². The molecule has 0 radical (unpaired) electrons. The van der Waals surface area contributed by atoms with Crippen LogP contribution in [0.3, 0.4) is 0 Å². The third-order valence-corrected chi connectivity index (χ3v) is 5.96. The molecule has 8 heteroatoms. The van der Waals surface area contributed by atoms with Crippen molar-refractivity contribution in [1.82, 2.24) is 5.32 Å². The van der Waals surface area contributed by atoms with Gasteiger partial charge in [0.1, 0.15) is 5.82 Å². The number of carbonyl (C=O) groups excluding carboxylic acids is 2. The van der Waals surface area contributed by atoms with Gasteiger partial charge in [-0.25, -0.2) is 14.0 Å². The summed E-state index contributed by atoms with van der Waals surface area (Å²) < 4.78 is 25.4. The number of allylic oxidation sites excluding steroid dienone is 3. The summed E-state index contributed by atoms with van der Waals surface area (Å²) in [6, 6.07) is 4.21. The molecule has 2 unspecified atom stereocenters. The second-order valence-corrected chi connectivity index (χ2v) is 8.50. The van der Waals surface area contributed by atoms with E-state index in [1.165, 1.54) is 25.3 Å². The number of ether oxygens (including phenoxy) is 2.